The first-order valence-electron chi connectivity index (χ1n) is 23.5. The fourth-order valence-electron chi connectivity index (χ4n) is 8.69. The van der Waals surface area contributed by atoms with Crippen LogP contribution in [0.25, 0.3) is 90.9 Å². The lowest BCUT2D eigenvalue weighted by Gasteiger charge is -2.14. The summed E-state index contributed by atoms with van der Waals surface area (Å²) in [7, 11) is 0. The molecular weight excluding hydrogens is 913 g/mol. The Bertz CT molecular complexity index is 3040. The van der Waals surface area contributed by atoms with Crippen molar-refractivity contribution in [3.63, 3.8) is 0 Å². The molecule has 5 heterocycles. The van der Waals surface area contributed by atoms with Gasteiger partial charge < -0.3 is 28.9 Å². The maximum atomic E-state index is 13.1. The highest BCUT2D eigenvalue weighted by molar-refractivity contribution is 6.06. The van der Waals surface area contributed by atoms with Gasteiger partial charge in [-0.15, -0.1) is 0 Å². The van der Waals surface area contributed by atoms with Gasteiger partial charge in [0.25, 0.3) is 0 Å². The first kappa shape index (κ1) is 47.6. The maximum Gasteiger partial charge on any atom is 0.411 e. The van der Waals surface area contributed by atoms with E-state index in [0.717, 1.165) is 0 Å². The molecule has 8 bridgehead atoms. The van der Waals surface area contributed by atoms with Crippen molar-refractivity contribution in [3.05, 3.63) is 144 Å². The van der Waals surface area contributed by atoms with E-state index in [1.807, 2.05) is 121 Å². The average molecular weight is 963 g/mol. The lowest BCUT2D eigenvalue weighted by Crippen LogP contribution is -2.14. The molecule has 0 unspecified atom stereocenters. The molecule has 0 radical (unpaired) electrons. The fourth-order valence-corrected chi connectivity index (χ4v) is 8.69. The van der Waals surface area contributed by atoms with E-state index in [-0.39, 0.29) is 26.4 Å². The van der Waals surface area contributed by atoms with Gasteiger partial charge in [-0.25, -0.2) is 29.1 Å². The monoisotopic (exact) mass is 962 g/mol. The molecule has 7 aromatic rings. The number of para-hydroxylation sites is 4. The Morgan fingerprint density at radius 2 is 0.583 bits per heavy atom. The largest absolute Gasteiger partial charge is 0.450 e. The van der Waals surface area contributed by atoms with Crippen LogP contribution in [0, 0.1) is 0 Å². The highest BCUT2D eigenvalue weighted by Gasteiger charge is 2.24. The summed E-state index contributed by atoms with van der Waals surface area (Å²) < 4.78 is 21.3. The van der Waals surface area contributed by atoms with Crippen molar-refractivity contribution in [1.29, 1.82) is 0 Å². The van der Waals surface area contributed by atoms with Crippen molar-refractivity contribution in [2.24, 2.45) is 0 Å². The van der Waals surface area contributed by atoms with Crippen LogP contribution in [-0.2, 0) is 18.9 Å². The molecule has 2 aliphatic rings. The number of hydrogen-bond donors (Lipinski definition) is 6. The lowest BCUT2D eigenvalue weighted by atomic mass is 10.0. The van der Waals surface area contributed by atoms with E-state index in [1.54, 1.807) is 52.0 Å². The molecule has 4 aromatic carbocycles. The van der Waals surface area contributed by atoms with Gasteiger partial charge in [0, 0.05) is 66.6 Å². The fraction of sp³-hybridized carbons (Fsp3) is 0.143. The Morgan fingerprint density at radius 3 is 0.806 bits per heavy atom. The summed E-state index contributed by atoms with van der Waals surface area (Å²) in [6.07, 6.45) is 5.11. The van der Waals surface area contributed by atoms with Gasteiger partial charge >= 0.3 is 24.4 Å². The van der Waals surface area contributed by atoms with Crippen LogP contribution >= 0.6 is 0 Å². The van der Waals surface area contributed by atoms with Crippen molar-refractivity contribution in [3.8, 4) is 44.5 Å². The van der Waals surface area contributed by atoms with Crippen molar-refractivity contribution in [1.82, 2.24) is 19.9 Å². The van der Waals surface area contributed by atoms with Gasteiger partial charge in [-0.05, 0) is 101 Å². The quantitative estimate of drug-likeness (QED) is 0.0638. The number of nitrogens with one attached hydrogen (secondary N) is 6. The highest BCUT2D eigenvalue weighted by atomic mass is 16.6. The molecule has 16 heteroatoms. The number of rotatable bonds is 12. The summed E-state index contributed by atoms with van der Waals surface area (Å²) >= 11 is 0. The Labute approximate surface area is 414 Å². The second kappa shape index (κ2) is 21.5. The molecular formula is C56H50N8O8. The minimum Gasteiger partial charge on any atom is -0.450 e. The second-order valence-corrected chi connectivity index (χ2v) is 16.1. The van der Waals surface area contributed by atoms with Crippen molar-refractivity contribution < 1.29 is 38.1 Å². The van der Waals surface area contributed by atoms with Gasteiger partial charge in [0.2, 0.25) is 0 Å². The van der Waals surface area contributed by atoms with Crippen LogP contribution in [0.15, 0.2) is 121 Å². The molecule has 72 heavy (non-hydrogen) atoms. The highest BCUT2D eigenvalue weighted by Crippen LogP contribution is 2.43. The number of anilines is 4. The summed E-state index contributed by atoms with van der Waals surface area (Å²) in [5, 5.41) is 11.7. The minimum atomic E-state index is -0.624. The van der Waals surface area contributed by atoms with Gasteiger partial charge in [0.05, 0.1) is 72.0 Å². The summed E-state index contributed by atoms with van der Waals surface area (Å²) in [4.78, 5) is 70.4. The van der Waals surface area contributed by atoms with Crippen LogP contribution in [0.3, 0.4) is 0 Å². The minimum absolute atomic E-state index is 0.169. The SMILES string of the molecule is CCOC(=O)Nc1ccccc1-c1c2nc(c(-c3ccccc3NC(=O)OCC)c3ccc([nH]3)c(-c3ccccc3NC(=O)OCC)c3nc(c(-c4ccccc4NC(=O)OCC)c4ccc1[nH]4)C=C3)C=C2. The zero-order valence-electron chi connectivity index (χ0n) is 39.8. The predicted molar refractivity (Wildman–Crippen MR) is 283 cm³/mol. The molecule has 0 spiro atoms. The number of aromatic amines is 2. The van der Waals surface area contributed by atoms with Gasteiger partial charge in [-0.2, -0.15) is 0 Å². The van der Waals surface area contributed by atoms with E-state index >= 15 is 0 Å². The summed E-state index contributed by atoms with van der Waals surface area (Å²) in [5.41, 5.74) is 11.6. The summed E-state index contributed by atoms with van der Waals surface area (Å²) in [6.45, 7) is 7.62. The third-order valence-corrected chi connectivity index (χ3v) is 11.6. The van der Waals surface area contributed by atoms with E-state index in [1.165, 1.54) is 0 Å². The van der Waals surface area contributed by atoms with Gasteiger partial charge in [-0.3, -0.25) is 21.3 Å². The molecule has 0 atom stereocenters. The topological polar surface area (TPSA) is 211 Å². The van der Waals surface area contributed by atoms with E-state index < -0.39 is 24.4 Å². The van der Waals surface area contributed by atoms with E-state index in [2.05, 4.69) is 31.2 Å². The summed E-state index contributed by atoms with van der Waals surface area (Å²) in [5.74, 6) is 0. The molecule has 0 saturated heterocycles. The number of carbonyl (C=O) groups excluding carboxylic acids is 4. The molecule has 4 amide bonds. The van der Waals surface area contributed by atoms with Crippen LogP contribution in [0.1, 0.15) is 50.5 Å². The Morgan fingerprint density at radius 1 is 0.361 bits per heavy atom. The van der Waals surface area contributed by atoms with Crippen LogP contribution in [0.5, 0.6) is 0 Å². The van der Waals surface area contributed by atoms with Crippen LogP contribution in [0.4, 0.5) is 41.9 Å². The van der Waals surface area contributed by atoms with Crippen molar-refractivity contribution in [2.45, 2.75) is 27.7 Å². The number of carbonyl (C=O) groups is 4. The predicted octanol–water partition coefficient (Wildman–Crippen LogP) is 13.6. The first-order chi connectivity index (χ1) is 35.2. The average Bonchev–Trinajstić information content (AvgIpc) is 4.23. The number of H-pyrrole nitrogens is 2. The summed E-state index contributed by atoms with van der Waals surface area (Å²) in [6, 6.07) is 37.2. The van der Waals surface area contributed by atoms with Gasteiger partial charge in [0.1, 0.15) is 0 Å². The second-order valence-electron chi connectivity index (χ2n) is 16.1. The van der Waals surface area contributed by atoms with Crippen LogP contribution in [-0.4, -0.2) is 70.7 Å². The molecule has 2 aliphatic heterocycles. The third-order valence-electron chi connectivity index (χ3n) is 11.6. The number of amides is 4. The van der Waals surface area contributed by atoms with E-state index in [9.17, 15) is 19.2 Å². The lowest BCUT2D eigenvalue weighted by molar-refractivity contribution is 0.167. The Kier molecular flexibility index (Phi) is 14.2. The number of fused-ring (bicyclic) bond motifs is 8. The molecule has 0 fully saturated rings. The standard InChI is InChI=1S/C56H50N8O8/c1-5-69-53(65)61-37-21-13-9-17-33(37)49-41-25-27-43(57-41)50(34-18-10-14-22-38(34)62-54(66)70-6-2)45-29-31-47(59-45)52(36-20-12-16-24-40(36)64-56(68)72-8-4)48-32-30-46(60-48)51(44-28-26-42(49)58-44)35-19-11-15-23-39(35)63-55(67)71-7-3/h9-32,57,60H,5-8H2,1-4H3,(H,61,65)(H,62,66)(H,63,67)(H,64,68). The first-order valence-corrected chi connectivity index (χ1v) is 23.5. The number of aromatic nitrogens is 4. The third kappa shape index (κ3) is 10.0. The molecule has 0 saturated carbocycles. The molecule has 0 aliphatic carbocycles. The number of ether oxygens (including phenoxy) is 4. The normalized spacial score (nSPS) is 11.4. The Balaban J connectivity index is 1.45. The number of nitrogens with zero attached hydrogens (tertiary/aromatic N) is 2. The van der Waals surface area contributed by atoms with Crippen LogP contribution < -0.4 is 21.3 Å². The van der Waals surface area contributed by atoms with E-state index in [4.69, 9.17) is 28.9 Å². The molecule has 362 valence electrons. The molecule has 9 rings (SSSR count). The number of hydrogen-bond acceptors (Lipinski definition) is 10. The molecule has 6 N–H and O–H groups in total. The van der Waals surface area contributed by atoms with E-state index in [0.29, 0.717) is 112 Å². The van der Waals surface area contributed by atoms with Crippen LogP contribution in [0.2, 0.25) is 0 Å². The molecule has 16 nitrogen and oxygen atoms in total. The zero-order chi connectivity index (χ0) is 50.1. The molecule has 3 aromatic heterocycles. The van der Waals surface area contributed by atoms with Crippen molar-refractivity contribution >= 4 is 93.5 Å². The Hall–Kier alpha value is -9.44. The smallest absolute Gasteiger partial charge is 0.411 e. The van der Waals surface area contributed by atoms with Gasteiger partial charge in [-0.1, -0.05) is 72.8 Å². The number of benzene rings is 4. The maximum absolute atomic E-state index is 13.1. The van der Waals surface area contributed by atoms with Crippen molar-refractivity contribution in [2.75, 3.05) is 47.7 Å². The zero-order valence-corrected chi connectivity index (χ0v) is 39.8. The van der Waals surface area contributed by atoms with Gasteiger partial charge in [0.15, 0.2) is 0 Å².